The maximum Gasteiger partial charge on any atom is 0.254 e. The smallest absolute Gasteiger partial charge is 0.254 e. The molecule has 2 aromatic carbocycles. The molecule has 1 N–H and O–H groups in total. The Hall–Kier alpha value is -2.30. The van der Waals surface area contributed by atoms with Crippen LogP contribution in [0.15, 0.2) is 42.5 Å². The van der Waals surface area contributed by atoms with Gasteiger partial charge in [-0.2, -0.15) is 0 Å². The summed E-state index contributed by atoms with van der Waals surface area (Å²) in [6, 6.07) is 8.28. The van der Waals surface area contributed by atoms with Crippen molar-refractivity contribution in [1.82, 2.24) is 5.32 Å². The molecule has 0 fully saturated rings. The quantitative estimate of drug-likeness (QED) is 0.908. The zero-order chi connectivity index (χ0) is 13.8. The molecule has 98 valence electrons. The van der Waals surface area contributed by atoms with Gasteiger partial charge >= 0.3 is 0 Å². The van der Waals surface area contributed by atoms with Gasteiger partial charge in [0.25, 0.3) is 5.91 Å². The second kappa shape index (κ2) is 5.56. The van der Waals surface area contributed by atoms with Crippen molar-refractivity contribution < 1.29 is 18.0 Å². The summed E-state index contributed by atoms with van der Waals surface area (Å²) in [5.41, 5.74) is 0.445. The van der Waals surface area contributed by atoms with E-state index in [1.54, 1.807) is 0 Å². The Labute approximate surface area is 107 Å². The van der Waals surface area contributed by atoms with Gasteiger partial charge in [-0.25, -0.2) is 13.2 Å². The molecular weight excluding hydrogens is 255 g/mol. The molecule has 0 unspecified atom stereocenters. The van der Waals surface area contributed by atoms with Crippen LogP contribution in [0.3, 0.4) is 0 Å². The lowest BCUT2D eigenvalue weighted by molar-refractivity contribution is 0.0947. The summed E-state index contributed by atoms with van der Waals surface area (Å²) in [4.78, 5) is 11.7. The lowest BCUT2D eigenvalue weighted by Crippen LogP contribution is -2.23. The molecule has 0 aliphatic heterocycles. The van der Waals surface area contributed by atoms with Gasteiger partial charge in [0.05, 0.1) is 5.56 Å². The molecule has 19 heavy (non-hydrogen) atoms. The average Bonchev–Trinajstić information content (AvgIpc) is 2.37. The van der Waals surface area contributed by atoms with Crippen LogP contribution in [0, 0.1) is 17.5 Å². The summed E-state index contributed by atoms with van der Waals surface area (Å²) in [5.74, 6) is -2.69. The average molecular weight is 265 g/mol. The molecule has 2 aromatic rings. The van der Waals surface area contributed by atoms with E-state index < -0.39 is 17.5 Å². The fraction of sp³-hybridized carbons (Fsp3) is 0.0714. The van der Waals surface area contributed by atoms with E-state index in [1.807, 2.05) is 0 Å². The summed E-state index contributed by atoms with van der Waals surface area (Å²) in [6.45, 7) is 0.135. The first-order chi connectivity index (χ1) is 9.06. The van der Waals surface area contributed by atoms with Crippen molar-refractivity contribution in [2.75, 3.05) is 0 Å². The van der Waals surface area contributed by atoms with Crippen LogP contribution in [-0.4, -0.2) is 5.91 Å². The molecule has 0 spiro atoms. The summed E-state index contributed by atoms with van der Waals surface area (Å²) in [7, 11) is 0. The van der Waals surface area contributed by atoms with Crippen LogP contribution in [0.1, 0.15) is 15.9 Å². The molecule has 0 atom stereocenters. The Balaban J connectivity index is 2.03. The Bertz CT molecular complexity index is 596. The normalized spacial score (nSPS) is 10.3. The minimum absolute atomic E-state index is 0.135. The predicted molar refractivity (Wildman–Crippen MR) is 63.9 cm³/mol. The second-order valence-electron chi connectivity index (χ2n) is 3.93. The molecule has 0 aromatic heterocycles. The lowest BCUT2D eigenvalue weighted by atomic mass is 10.1. The molecule has 0 saturated carbocycles. The van der Waals surface area contributed by atoms with E-state index in [4.69, 9.17) is 0 Å². The van der Waals surface area contributed by atoms with Crippen molar-refractivity contribution in [3.8, 4) is 0 Å². The van der Waals surface area contributed by atoms with Crippen LogP contribution in [0.5, 0.6) is 0 Å². The van der Waals surface area contributed by atoms with Crippen LogP contribution in [0.4, 0.5) is 13.2 Å². The third-order valence-electron chi connectivity index (χ3n) is 2.54. The van der Waals surface area contributed by atoms with Gasteiger partial charge in [0.1, 0.15) is 17.5 Å². The molecule has 0 radical (unpaired) electrons. The van der Waals surface area contributed by atoms with Crippen LogP contribution < -0.4 is 5.32 Å². The minimum atomic E-state index is -0.920. The van der Waals surface area contributed by atoms with E-state index >= 15 is 0 Å². The first-order valence-electron chi connectivity index (χ1n) is 5.54. The van der Waals surface area contributed by atoms with E-state index in [2.05, 4.69) is 5.32 Å². The number of halogens is 3. The summed E-state index contributed by atoms with van der Waals surface area (Å²) < 4.78 is 38.7. The van der Waals surface area contributed by atoms with Gasteiger partial charge in [-0.05, 0) is 29.8 Å². The maximum atomic E-state index is 13.3. The Morgan fingerprint density at radius 3 is 2.21 bits per heavy atom. The van der Waals surface area contributed by atoms with Gasteiger partial charge in [-0.1, -0.05) is 12.1 Å². The van der Waals surface area contributed by atoms with Crippen molar-refractivity contribution in [1.29, 1.82) is 0 Å². The molecule has 1 amide bonds. The summed E-state index contributed by atoms with van der Waals surface area (Å²) >= 11 is 0. The predicted octanol–water partition coefficient (Wildman–Crippen LogP) is 3.03. The van der Waals surface area contributed by atoms with Crippen LogP contribution in [-0.2, 0) is 6.54 Å². The van der Waals surface area contributed by atoms with Crippen molar-refractivity contribution in [3.63, 3.8) is 0 Å². The minimum Gasteiger partial charge on any atom is -0.348 e. The van der Waals surface area contributed by atoms with Gasteiger partial charge in [-0.15, -0.1) is 0 Å². The van der Waals surface area contributed by atoms with Gasteiger partial charge in [-0.3, -0.25) is 4.79 Å². The zero-order valence-corrected chi connectivity index (χ0v) is 9.79. The van der Waals surface area contributed by atoms with Crippen molar-refractivity contribution in [2.45, 2.75) is 6.54 Å². The molecule has 2 rings (SSSR count). The van der Waals surface area contributed by atoms with Gasteiger partial charge in [0, 0.05) is 12.6 Å². The first kappa shape index (κ1) is 13.1. The molecule has 0 heterocycles. The van der Waals surface area contributed by atoms with Gasteiger partial charge in [0.15, 0.2) is 0 Å². The molecular formula is C14H10F3NO. The zero-order valence-electron chi connectivity index (χ0n) is 9.79. The fourth-order valence-corrected chi connectivity index (χ4v) is 1.55. The number of carbonyl (C=O) groups excluding carboxylic acids is 1. The number of hydrogen-bond acceptors (Lipinski definition) is 1. The number of nitrogens with one attached hydrogen (secondary N) is 1. The number of rotatable bonds is 3. The van der Waals surface area contributed by atoms with E-state index in [0.29, 0.717) is 11.6 Å². The molecule has 0 saturated heterocycles. The van der Waals surface area contributed by atoms with E-state index in [9.17, 15) is 18.0 Å². The van der Waals surface area contributed by atoms with Gasteiger partial charge < -0.3 is 5.32 Å². The van der Waals surface area contributed by atoms with Crippen LogP contribution in [0.25, 0.3) is 0 Å². The molecule has 0 aliphatic carbocycles. The standard InChI is InChI=1S/C14H10F3NO/c15-10-3-1-9(2-4-10)8-18-14(19)12-6-5-11(16)7-13(12)17/h1-7H,8H2,(H,18,19). The molecule has 0 aliphatic rings. The van der Waals surface area contributed by atoms with Crippen LogP contribution in [0.2, 0.25) is 0 Å². The second-order valence-corrected chi connectivity index (χ2v) is 3.93. The highest BCUT2D eigenvalue weighted by molar-refractivity contribution is 5.94. The molecule has 5 heteroatoms. The van der Waals surface area contributed by atoms with E-state index in [1.165, 1.54) is 24.3 Å². The Morgan fingerprint density at radius 2 is 1.58 bits per heavy atom. The summed E-state index contributed by atoms with van der Waals surface area (Å²) in [6.07, 6.45) is 0. The highest BCUT2D eigenvalue weighted by Gasteiger charge is 2.11. The molecule has 0 bridgehead atoms. The van der Waals surface area contributed by atoms with Crippen molar-refractivity contribution in [3.05, 3.63) is 71.0 Å². The SMILES string of the molecule is O=C(NCc1ccc(F)cc1)c1ccc(F)cc1F. The first-order valence-corrected chi connectivity index (χ1v) is 5.54. The van der Waals surface area contributed by atoms with E-state index in [0.717, 1.165) is 12.1 Å². The number of hydrogen-bond donors (Lipinski definition) is 1. The van der Waals surface area contributed by atoms with Crippen molar-refractivity contribution in [2.24, 2.45) is 0 Å². The highest BCUT2D eigenvalue weighted by Crippen LogP contribution is 2.10. The Morgan fingerprint density at radius 1 is 0.947 bits per heavy atom. The number of carbonyl (C=O) groups is 1. The third-order valence-corrected chi connectivity index (χ3v) is 2.54. The number of amides is 1. The van der Waals surface area contributed by atoms with Crippen molar-refractivity contribution >= 4 is 5.91 Å². The lowest BCUT2D eigenvalue weighted by Gasteiger charge is -2.06. The van der Waals surface area contributed by atoms with Crippen LogP contribution >= 0.6 is 0 Å². The fourth-order valence-electron chi connectivity index (χ4n) is 1.55. The number of benzene rings is 2. The molecule has 2 nitrogen and oxygen atoms in total. The largest absolute Gasteiger partial charge is 0.348 e. The monoisotopic (exact) mass is 265 g/mol. The highest BCUT2D eigenvalue weighted by atomic mass is 19.1. The van der Waals surface area contributed by atoms with Gasteiger partial charge in [0.2, 0.25) is 0 Å². The summed E-state index contributed by atoms with van der Waals surface area (Å²) in [5, 5.41) is 2.47. The maximum absolute atomic E-state index is 13.3. The third kappa shape index (κ3) is 3.34. The van der Waals surface area contributed by atoms with E-state index in [-0.39, 0.29) is 17.9 Å². The Kier molecular flexibility index (Phi) is 3.85. The topological polar surface area (TPSA) is 29.1 Å².